The molecular weight excluding hydrogens is 392 g/mol. The molecule has 2 heterocycles. The normalized spacial score (nSPS) is 19.4. The smallest absolute Gasteiger partial charge is 0.112 e. The van der Waals surface area contributed by atoms with Crippen LogP contribution in [0.25, 0.3) is 11.1 Å². The first-order chi connectivity index (χ1) is 14.3. The van der Waals surface area contributed by atoms with E-state index in [1.165, 1.54) is 44.0 Å². The van der Waals surface area contributed by atoms with Crippen LogP contribution in [0.5, 0.6) is 0 Å². The molecule has 0 saturated carbocycles. The minimum absolute atomic E-state index is 0.0331. The number of likely N-dealkylation sites (N-methyl/N-ethyl adjacent to an activating group) is 2. The van der Waals surface area contributed by atoms with Crippen LogP contribution in [0.2, 0.25) is 13.1 Å². The highest BCUT2D eigenvalue weighted by Crippen LogP contribution is 2.39. The summed E-state index contributed by atoms with van der Waals surface area (Å²) in [6, 6.07) is 14.4. The summed E-state index contributed by atoms with van der Waals surface area (Å²) in [5, 5.41) is 2.99. The van der Waals surface area contributed by atoms with Crippen molar-refractivity contribution in [2.45, 2.75) is 65.7 Å². The van der Waals surface area contributed by atoms with Gasteiger partial charge in [0, 0.05) is 36.6 Å². The van der Waals surface area contributed by atoms with E-state index in [0.717, 1.165) is 0 Å². The molecule has 0 amide bonds. The number of allylic oxidation sites excluding steroid dienone is 2. The minimum atomic E-state index is -1.86. The lowest BCUT2D eigenvalue weighted by Crippen LogP contribution is -2.54. The van der Waals surface area contributed by atoms with Gasteiger partial charge in [-0.2, -0.15) is 0 Å². The highest BCUT2D eigenvalue weighted by molar-refractivity contribution is 7.00. The van der Waals surface area contributed by atoms with Crippen molar-refractivity contribution in [1.82, 2.24) is 0 Å². The molecule has 0 bridgehead atoms. The van der Waals surface area contributed by atoms with Crippen molar-refractivity contribution in [3.63, 3.8) is 0 Å². The molecule has 0 saturated heterocycles. The van der Waals surface area contributed by atoms with Gasteiger partial charge in [0.15, 0.2) is 0 Å². The molecule has 2 aromatic rings. The van der Waals surface area contributed by atoms with Crippen molar-refractivity contribution in [3.8, 4) is 0 Å². The maximum atomic E-state index is 2.49. The lowest BCUT2D eigenvalue weighted by atomic mass is 9.89. The van der Waals surface area contributed by atoms with Gasteiger partial charge in [-0.1, -0.05) is 59.9 Å². The maximum Gasteiger partial charge on any atom is 0.112 e. The van der Waals surface area contributed by atoms with Gasteiger partial charge >= 0.3 is 0 Å². The van der Waals surface area contributed by atoms with Gasteiger partial charge in [-0.25, -0.2) is 0 Å². The fourth-order valence-electron chi connectivity index (χ4n) is 5.26. The summed E-state index contributed by atoms with van der Waals surface area (Å²) in [4.78, 5) is 4.86. The summed E-state index contributed by atoms with van der Waals surface area (Å²) in [7, 11) is 2.59. The molecule has 0 fully saturated rings. The van der Waals surface area contributed by atoms with Crippen LogP contribution in [0.4, 0.5) is 11.4 Å². The Bertz CT molecular complexity index is 1030. The second kappa shape index (κ2) is 6.87. The number of nitrogens with zero attached hydrogens (tertiary/aromatic N) is 2. The third kappa shape index (κ3) is 3.38. The van der Waals surface area contributed by atoms with Gasteiger partial charge in [-0.05, 0) is 64.8 Å². The highest BCUT2D eigenvalue weighted by atomic mass is 28.3. The van der Waals surface area contributed by atoms with Crippen LogP contribution in [-0.4, -0.2) is 33.2 Å². The summed E-state index contributed by atoms with van der Waals surface area (Å²) in [6.07, 6.45) is 4.77. The van der Waals surface area contributed by atoms with Crippen LogP contribution in [-0.2, 0) is 0 Å². The summed E-state index contributed by atoms with van der Waals surface area (Å²) in [5.74, 6) is 0. The Balaban J connectivity index is 1.81. The van der Waals surface area contributed by atoms with E-state index in [2.05, 4.69) is 127 Å². The molecule has 0 aliphatic carbocycles. The summed E-state index contributed by atoms with van der Waals surface area (Å²) in [5.41, 5.74) is 8.27. The van der Waals surface area contributed by atoms with Crippen LogP contribution >= 0.6 is 0 Å². The fraction of sp³-hybridized carbons (Fsp3) is 0.429. The molecule has 2 aromatic carbocycles. The zero-order valence-electron chi connectivity index (χ0n) is 21.0. The molecule has 0 atom stereocenters. The average molecular weight is 431 g/mol. The van der Waals surface area contributed by atoms with Gasteiger partial charge < -0.3 is 9.80 Å². The van der Waals surface area contributed by atoms with Crippen LogP contribution in [0.15, 0.2) is 48.6 Å². The van der Waals surface area contributed by atoms with Gasteiger partial charge in [-0.15, -0.1) is 0 Å². The topological polar surface area (TPSA) is 6.48 Å². The zero-order chi connectivity index (χ0) is 22.9. The minimum Gasteiger partial charge on any atom is -0.366 e. The number of fused-ring (bicyclic) bond motifs is 2. The number of rotatable bonds is 2. The maximum absolute atomic E-state index is 2.49. The van der Waals surface area contributed by atoms with Gasteiger partial charge in [-0.3, -0.25) is 0 Å². The third-order valence-electron chi connectivity index (χ3n) is 7.88. The molecule has 3 heteroatoms. The van der Waals surface area contributed by atoms with Crippen molar-refractivity contribution < 1.29 is 0 Å². The molecule has 2 nitrogen and oxygen atoms in total. The Morgan fingerprint density at radius 1 is 0.645 bits per heavy atom. The molecule has 4 rings (SSSR count). The van der Waals surface area contributed by atoms with E-state index in [9.17, 15) is 0 Å². The van der Waals surface area contributed by atoms with Crippen LogP contribution in [0.3, 0.4) is 0 Å². The van der Waals surface area contributed by atoms with E-state index in [1.807, 2.05) is 0 Å². The predicted octanol–water partition coefficient (Wildman–Crippen LogP) is 5.77. The first-order valence-corrected chi connectivity index (χ1v) is 14.4. The van der Waals surface area contributed by atoms with Gasteiger partial charge in [0.1, 0.15) is 8.07 Å². The second-order valence-electron chi connectivity index (χ2n) is 11.2. The second-order valence-corrected chi connectivity index (χ2v) is 15.6. The SMILES string of the molecule is CC1=CC(C)(C)N(C)c2cc([Si](C)(C)c3ccc4c(c3)N(C)C(C)(C)C=C4C)ccc21. The fourth-order valence-corrected chi connectivity index (χ4v) is 7.59. The monoisotopic (exact) mass is 430 g/mol. The first-order valence-electron chi connectivity index (χ1n) is 11.4. The molecule has 31 heavy (non-hydrogen) atoms. The molecule has 0 spiro atoms. The van der Waals surface area contributed by atoms with Crippen LogP contribution < -0.4 is 20.2 Å². The van der Waals surface area contributed by atoms with E-state index < -0.39 is 8.07 Å². The first kappa shape index (κ1) is 21.9. The molecule has 0 N–H and O–H groups in total. The molecule has 2 aliphatic heterocycles. The summed E-state index contributed by atoms with van der Waals surface area (Å²) < 4.78 is 0. The van der Waals surface area contributed by atoms with Crippen molar-refractivity contribution in [3.05, 3.63) is 59.7 Å². The van der Waals surface area contributed by atoms with E-state index in [4.69, 9.17) is 0 Å². The molecule has 0 unspecified atom stereocenters. The van der Waals surface area contributed by atoms with Crippen molar-refractivity contribution in [1.29, 1.82) is 0 Å². The van der Waals surface area contributed by atoms with E-state index in [0.29, 0.717) is 0 Å². The lowest BCUT2D eigenvalue weighted by Gasteiger charge is -2.42. The predicted molar refractivity (Wildman–Crippen MR) is 142 cm³/mol. The largest absolute Gasteiger partial charge is 0.366 e. The molecule has 2 aliphatic rings. The molecule has 164 valence electrons. The van der Waals surface area contributed by atoms with Crippen LogP contribution in [0.1, 0.15) is 52.7 Å². The van der Waals surface area contributed by atoms with Crippen molar-refractivity contribution in [2.75, 3.05) is 23.9 Å². The summed E-state index contributed by atoms with van der Waals surface area (Å²) >= 11 is 0. The van der Waals surface area contributed by atoms with Crippen molar-refractivity contribution in [2.24, 2.45) is 0 Å². The van der Waals surface area contributed by atoms with Crippen molar-refractivity contribution >= 4 is 41.0 Å². The Kier molecular flexibility index (Phi) is 4.86. The Labute approximate surface area is 190 Å². The standard InChI is InChI=1S/C28H38N2Si/c1-19-17-27(3,4)29(7)25-15-21(11-13-23(19)25)31(9,10)22-12-14-24-20(2)18-28(5,6)30(8)26(24)16-22/h11-18H,1-10H3. The number of hydrogen-bond acceptors (Lipinski definition) is 2. The van der Waals surface area contributed by atoms with Crippen LogP contribution in [0, 0.1) is 0 Å². The van der Waals surface area contributed by atoms with Gasteiger partial charge in [0.25, 0.3) is 0 Å². The Morgan fingerprint density at radius 3 is 1.35 bits per heavy atom. The molecule has 0 radical (unpaired) electrons. The van der Waals surface area contributed by atoms with E-state index >= 15 is 0 Å². The average Bonchev–Trinajstić information content (AvgIpc) is 2.69. The Hall–Kier alpha value is -2.26. The van der Waals surface area contributed by atoms with Gasteiger partial charge in [0.2, 0.25) is 0 Å². The number of benzene rings is 2. The number of hydrogen-bond donors (Lipinski definition) is 0. The zero-order valence-corrected chi connectivity index (χ0v) is 22.0. The lowest BCUT2D eigenvalue weighted by molar-refractivity contribution is 0.598. The number of anilines is 2. The molecule has 0 aromatic heterocycles. The van der Waals surface area contributed by atoms with E-state index in [1.54, 1.807) is 0 Å². The highest BCUT2D eigenvalue weighted by Gasteiger charge is 2.34. The molecular formula is C28H38N2Si. The summed E-state index contributed by atoms with van der Waals surface area (Å²) in [6.45, 7) is 18.7. The quantitative estimate of drug-likeness (QED) is 0.558. The third-order valence-corrected chi connectivity index (χ3v) is 11.4. The van der Waals surface area contributed by atoms with Gasteiger partial charge in [0.05, 0.1) is 11.1 Å². The van der Waals surface area contributed by atoms with E-state index in [-0.39, 0.29) is 11.1 Å². The Morgan fingerprint density at radius 2 is 1.00 bits per heavy atom.